The molecular weight excluding hydrogens is 547 g/mol. The fourth-order valence-electron chi connectivity index (χ4n) is 6.74. The minimum absolute atomic E-state index is 0.0493. The van der Waals surface area contributed by atoms with E-state index >= 15 is 0 Å². The molecular formula is C32H40F3N3O4. The van der Waals surface area contributed by atoms with Crippen molar-refractivity contribution in [1.82, 2.24) is 10.2 Å². The van der Waals surface area contributed by atoms with E-state index in [1.54, 1.807) is 20.1 Å². The van der Waals surface area contributed by atoms with E-state index < -0.39 is 11.7 Å². The van der Waals surface area contributed by atoms with Crippen LogP contribution in [0.5, 0.6) is 5.75 Å². The van der Waals surface area contributed by atoms with Crippen LogP contribution in [0.15, 0.2) is 42.5 Å². The van der Waals surface area contributed by atoms with Gasteiger partial charge in [-0.2, -0.15) is 13.2 Å². The lowest BCUT2D eigenvalue weighted by atomic mass is 9.84. The highest BCUT2D eigenvalue weighted by Gasteiger charge is 2.39. The van der Waals surface area contributed by atoms with Crippen LogP contribution in [-0.2, 0) is 20.5 Å². The van der Waals surface area contributed by atoms with Gasteiger partial charge in [-0.25, -0.2) is 0 Å². The topological polar surface area (TPSA) is 71.1 Å². The molecule has 1 amide bonds. The number of hydrogen-bond donors (Lipinski definition) is 1. The molecule has 3 heterocycles. The van der Waals surface area contributed by atoms with Crippen LogP contribution in [-0.4, -0.2) is 69.8 Å². The van der Waals surface area contributed by atoms with Crippen molar-refractivity contribution in [2.24, 2.45) is 11.8 Å². The summed E-state index contributed by atoms with van der Waals surface area (Å²) < 4.78 is 51.6. The Morgan fingerprint density at radius 1 is 0.952 bits per heavy atom. The van der Waals surface area contributed by atoms with Crippen LogP contribution >= 0.6 is 0 Å². The Morgan fingerprint density at radius 3 is 2.26 bits per heavy atom. The number of piperidine rings is 2. The number of rotatable bonds is 7. The minimum Gasteiger partial charge on any atom is -0.497 e. The first-order chi connectivity index (χ1) is 20.2. The highest BCUT2D eigenvalue weighted by molar-refractivity contribution is 5.81. The second kappa shape index (κ2) is 12.9. The van der Waals surface area contributed by atoms with E-state index in [4.69, 9.17) is 9.47 Å². The van der Waals surface area contributed by atoms with Crippen LogP contribution in [0.4, 0.5) is 18.9 Å². The minimum atomic E-state index is -4.44. The predicted molar refractivity (Wildman–Crippen MR) is 154 cm³/mol. The number of methoxy groups -OCH3 is 1. The van der Waals surface area contributed by atoms with Crippen molar-refractivity contribution in [2.75, 3.05) is 57.9 Å². The monoisotopic (exact) mass is 587 g/mol. The van der Waals surface area contributed by atoms with Gasteiger partial charge in [0.2, 0.25) is 5.91 Å². The summed E-state index contributed by atoms with van der Waals surface area (Å²) in [5.74, 6) is 0.431. The van der Waals surface area contributed by atoms with E-state index in [0.717, 1.165) is 23.4 Å². The average molecular weight is 588 g/mol. The molecule has 3 aliphatic heterocycles. The third-order valence-corrected chi connectivity index (χ3v) is 9.14. The van der Waals surface area contributed by atoms with Crippen molar-refractivity contribution >= 4 is 17.6 Å². The van der Waals surface area contributed by atoms with E-state index in [-0.39, 0.29) is 35.5 Å². The Balaban J connectivity index is 1.27. The maximum Gasteiger partial charge on any atom is 0.416 e. The van der Waals surface area contributed by atoms with Crippen LogP contribution in [0.25, 0.3) is 0 Å². The lowest BCUT2D eigenvalue weighted by Gasteiger charge is -2.38. The summed E-state index contributed by atoms with van der Waals surface area (Å²) in [6.07, 6.45) is -1.96. The molecule has 0 saturated carbocycles. The van der Waals surface area contributed by atoms with E-state index in [9.17, 15) is 22.8 Å². The quantitative estimate of drug-likeness (QED) is 0.449. The molecule has 228 valence electrons. The summed E-state index contributed by atoms with van der Waals surface area (Å²) in [6.45, 7) is 5.58. The molecule has 0 radical (unpaired) electrons. The van der Waals surface area contributed by atoms with Gasteiger partial charge in [0.05, 0.1) is 31.1 Å². The Labute approximate surface area is 245 Å². The number of amides is 1. The fraction of sp³-hybridized carbons (Fsp3) is 0.562. The van der Waals surface area contributed by atoms with Gasteiger partial charge in [0.1, 0.15) is 5.75 Å². The molecule has 3 aliphatic rings. The molecule has 0 spiro atoms. The molecule has 0 bridgehead atoms. The summed E-state index contributed by atoms with van der Waals surface area (Å²) in [5.41, 5.74) is 1.93. The second-order valence-corrected chi connectivity index (χ2v) is 11.5. The number of anilines is 1. The first-order valence-electron chi connectivity index (χ1n) is 15.0. The number of nitrogens with zero attached hydrogens (tertiary/aromatic N) is 2. The normalized spacial score (nSPS) is 22.3. The third-order valence-electron chi connectivity index (χ3n) is 9.14. The van der Waals surface area contributed by atoms with E-state index in [1.165, 1.54) is 12.1 Å². The number of nitrogens with one attached hydrogen (secondary N) is 1. The fourth-order valence-corrected chi connectivity index (χ4v) is 6.74. The maximum atomic E-state index is 13.7. The molecule has 1 N–H and O–H groups in total. The number of hydrogen-bond acceptors (Lipinski definition) is 6. The second-order valence-electron chi connectivity index (χ2n) is 11.5. The zero-order valence-electron chi connectivity index (χ0n) is 24.3. The molecule has 3 saturated heterocycles. The lowest BCUT2D eigenvalue weighted by molar-refractivity contribution is -0.148. The number of halogens is 3. The average Bonchev–Trinajstić information content (AvgIpc) is 3.50. The van der Waals surface area contributed by atoms with Crippen LogP contribution in [0.1, 0.15) is 61.1 Å². The molecule has 10 heteroatoms. The summed E-state index contributed by atoms with van der Waals surface area (Å²) >= 11 is 0. The molecule has 2 atom stereocenters. The lowest BCUT2D eigenvalue weighted by Crippen LogP contribution is -2.43. The Kier molecular flexibility index (Phi) is 9.30. The Morgan fingerprint density at radius 2 is 1.64 bits per heavy atom. The molecule has 2 aromatic carbocycles. The van der Waals surface area contributed by atoms with Gasteiger partial charge in [-0.3, -0.25) is 9.59 Å². The summed E-state index contributed by atoms with van der Waals surface area (Å²) in [5, 5.41) is 3.38. The highest BCUT2D eigenvalue weighted by Crippen LogP contribution is 2.41. The number of esters is 1. The number of likely N-dealkylation sites (tertiary alicyclic amines) is 1. The van der Waals surface area contributed by atoms with Crippen LogP contribution in [0.3, 0.4) is 0 Å². The first-order valence-corrected chi connectivity index (χ1v) is 15.0. The zero-order valence-corrected chi connectivity index (χ0v) is 24.3. The molecule has 2 aromatic rings. The largest absolute Gasteiger partial charge is 0.497 e. The molecule has 0 aliphatic carbocycles. The first kappa shape index (κ1) is 30.2. The molecule has 7 nitrogen and oxygen atoms in total. The van der Waals surface area contributed by atoms with Crippen molar-refractivity contribution in [3.8, 4) is 5.75 Å². The van der Waals surface area contributed by atoms with Gasteiger partial charge in [0, 0.05) is 50.9 Å². The number of ether oxygens (including phenoxy) is 2. The van der Waals surface area contributed by atoms with Crippen LogP contribution in [0.2, 0.25) is 0 Å². The van der Waals surface area contributed by atoms with Gasteiger partial charge in [-0.15, -0.1) is 0 Å². The van der Waals surface area contributed by atoms with E-state index in [2.05, 4.69) is 5.32 Å². The van der Waals surface area contributed by atoms with Crippen molar-refractivity contribution in [1.29, 1.82) is 0 Å². The van der Waals surface area contributed by atoms with Gasteiger partial charge < -0.3 is 24.6 Å². The number of alkyl halides is 3. The summed E-state index contributed by atoms with van der Waals surface area (Å²) in [6, 6.07) is 11.9. The van der Waals surface area contributed by atoms with Crippen molar-refractivity contribution in [3.63, 3.8) is 0 Å². The van der Waals surface area contributed by atoms with Gasteiger partial charge in [0.15, 0.2) is 0 Å². The summed E-state index contributed by atoms with van der Waals surface area (Å²) in [7, 11) is 1.63. The van der Waals surface area contributed by atoms with E-state index in [1.807, 2.05) is 34.1 Å². The van der Waals surface area contributed by atoms with Crippen molar-refractivity contribution < 1.29 is 32.2 Å². The molecule has 5 rings (SSSR count). The highest BCUT2D eigenvalue weighted by atomic mass is 19.4. The smallest absolute Gasteiger partial charge is 0.416 e. The summed E-state index contributed by atoms with van der Waals surface area (Å²) in [4.78, 5) is 29.8. The molecule has 1 unspecified atom stereocenters. The number of carbonyl (C=O) groups excluding carboxylic acids is 2. The van der Waals surface area contributed by atoms with Gasteiger partial charge in [-0.05, 0) is 73.9 Å². The SMILES string of the molecule is CCOC(=O)C1CCN(c2cc(C(F)(F)F)ccc2C2CCN(C(=O)C3CNC[C@H]3c3ccc(OC)cc3)CC2)CC1. The van der Waals surface area contributed by atoms with E-state index in [0.29, 0.717) is 70.7 Å². The van der Waals surface area contributed by atoms with Crippen molar-refractivity contribution in [3.05, 3.63) is 59.2 Å². The van der Waals surface area contributed by atoms with Gasteiger partial charge in [-0.1, -0.05) is 18.2 Å². The van der Waals surface area contributed by atoms with Gasteiger partial charge >= 0.3 is 12.1 Å². The number of carbonyl (C=O) groups is 2. The predicted octanol–water partition coefficient (Wildman–Crippen LogP) is 5.20. The van der Waals surface area contributed by atoms with Crippen molar-refractivity contribution in [2.45, 2.75) is 50.6 Å². The van der Waals surface area contributed by atoms with Crippen LogP contribution < -0.4 is 15.0 Å². The molecule has 0 aromatic heterocycles. The molecule has 42 heavy (non-hydrogen) atoms. The zero-order chi connectivity index (χ0) is 29.9. The Bertz CT molecular complexity index is 1240. The Hall–Kier alpha value is -3.27. The standard InChI is InChI=1S/C32H40F3N3O4/c1-3-42-31(40)23-12-14-37(15-13-23)29-18-24(32(33,34)35)6-9-26(29)22-10-16-38(17-11-22)30(39)28-20-36-19-27(28)21-4-7-25(41-2)8-5-21/h4-9,18,22-23,27-28,36H,3,10-17,19-20H2,1-2H3/t27-,28?/m0/s1. The maximum absolute atomic E-state index is 13.7. The molecule has 3 fully saturated rings. The third kappa shape index (κ3) is 6.53. The number of benzene rings is 2. The van der Waals surface area contributed by atoms with Gasteiger partial charge in [0.25, 0.3) is 0 Å². The van der Waals surface area contributed by atoms with Crippen LogP contribution in [0, 0.1) is 11.8 Å².